The third-order valence-corrected chi connectivity index (χ3v) is 6.32. The lowest BCUT2D eigenvalue weighted by atomic mass is 9.86. The number of amides is 1. The molecule has 0 spiro atoms. The Labute approximate surface area is 171 Å². The fourth-order valence-corrected chi connectivity index (χ4v) is 4.83. The summed E-state index contributed by atoms with van der Waals surface area (Å²) in [6, 6.07) is 6.08. The minimum atomic E-state index is -0.805. The number of aliphatic carboxylic acids is 1. The van der Waals surface area contributed by atoms with Crippen LogP contribution in [0.15, 0.2) is 28.1 Å². The van der Waals surface area contributed by atoms with E-state index in [0.29, 0.717) is 25.9 Å². The number of carbonyl (C=O) groups excluding carboxylic acids is 1. The SMILES string of the molecule is CC(C)(C)OC(=O)N1CC[C@H]([C@H](Cc2csc3ccc(Br)cc23)C(=O)O)C1. The zero-order valence-corrected chi connectivity index (χ0v) is 18.1. The van der Waals surface area contributed by atoms with Gasteiger partial charge in [0.15, 0.2) is 0 Å². The van der Waals surface area contributed by atoms with Crippen molar-refractivity contribution in [2.24, 2.45) is 11.8 Å². The lowest BCUT2D eigenvalue weighted by molar-refractivity contribution is -0.143. The number of nitrogens with zero attached hydrogens (tertiary/aromatic N) is 1. The molecule has 0 radical (unpaired) electrons. The Morgan fingerprint density at radius 2 is 2.15 bits per heavy atom. The number of hydrogen-bond acceptors (Lipinski definition) is 4. The number of fused-ring (bicyclic) bond motifs is 1. The van der Waals surface area contributed by atoms with Crippen molar-refractivity contribution in [3.05, 3.63) is 33.6 Å². The molecule has 0 bridgehead atoms. The second-order valence-electron chi connectivity index (χ2n) is 8.03. The second kappa shape index (κ2) is 7.80. The number of thiophene rings is 1. The van der Waals surface area contributed by atoms with Crippen LogP contribution in [0.25, 0.3) is 10.1 Å². The van der Waals surface area contributed by atoms with E-state index in [-0.39, 0.29) is 12.0 Å². The number of likely N-dealkylation sites (tertiary alicyclic amines) is 1. The van der Waals surface area contributed by atoms with Gasteiger partial charge in [0.25, 0.3) is 0 Å². The smallest absolute Gasteiger partial charge is 0.410 e. The minimum Gasteiger partial charge on any atom is -0.481 e. The van der Waals surface area contributed by atoms with Gasteiger partial charge in [-0.3, -0.25) is 4.79 Å². The van der Waals surface area contributed by atoms with Crippen LogP contribution < -0.4 is 0 Å². The molecule has 0 saturated carbocycles. The second-order valence-corrected chi connectivity index (χ2v) is 9.85. The van der Waals surface area contributed by atoms with E-state index in [9.17, 15) is 14.7 Å². The average Bonchev–Trinajstić information content (AvgIpc) is 3.17. The van der Waals surface area contributed by atoms with Crippen LogP contribution in [-0.2, 0) is 16.0 Å². The van der Waals surface area contributed by atoms with Crippen LogP contribution >= 0.6 is 27.3 Å². The molecule has 2 atom stereocenters. The van der Waals surface area contributed by atoms with Crippen LogP contribution in [0.1, 0.15) is 32.8 Å². The Hall–Kier alpha value is -1.60. The van der Waals surface area contributed by atoms with Gasteiger partial charge in [-0.1, -0.05) is 15.9 Å². The largest absolute Gasteiger partial charge is 0.481 e. The topological polar surface area (TPSA) is 66.8 Å². The van der Waals surface area contributed by atoms with E-state index in [2.05, 4.69) is 15.9 Å². The molecule has 0 aliphatic carbocycles. The van der Waals surface area contributed by atoms with Gasteiger partial charge in [0.05, 0.1) is 5.92 Å². The van der Waals surface area contributed by atoms with Crippen molar-refractivity contribution in [2.75, 3.05) is 13.1 Å². The Balaban J connectivity index is 1.74. The summed E-state index contributed by atoms with van der Waals surface area (Å²) in [5, 5.41) is 13.0. The van der Waals surface area contributed by atoms with E-state index in [1.165, 1.54) is 0 Å². The molecule has 1 aliphatic heterocycles. The first-order valence-corrected chi connectivity index (χ1v) is 10.7. The Kier molecular flexibility index (Phi) is 5.82. The van der Waals surface area contributed by atoms with Gasteiger partial charge >= 0.3 is 12.1 Å². The van der Waals surface area contributed by atoms with Crippen molar-refractivity contribution in [1.29, 1.82) is 0 Å². The zero-order chi connectivity index (χ0) is 19.8. The molecular weight excluding hydrogens is 430 g/mol. The molecule has 1 aromatic carbocycles. The number of halogens is 1. The minimum absolute atomic E-state index is 0.0721. The molecule has 5 nitrogen and oxygen atoms in total. The molecule has 2 heterocycles. The van der Waals surface area contributed by atoms with Gasteiger partial charge < -0.3 is 14.7 Å². The third-order valence-electron chi connectivity index (χ3n) is 4.82. The van der Waals surface area contributed by atoms with Crippen molar-refractivity contribution >= 4 is 49.4 Å². The highest BCUT2D eigenvalue weighted by Crippen LogP contribution is 2.34. The maximum absolute atomic E-state index is 12.3. The van der Waals surface area contributed by atoms with E-state index >= 15 is 0 Å². The summed E-state index contributed by atoms with van der Waals surface area (Å²) < 4.78 is 7.56. The Morgan fingerprint density at radius 1 is 1.41 bits per heavy atom. The highest BCUT2D eigenvalue weighted by molar-refractivity contribution is 9.10. The van der Waals surface area contributed by atoms with Crippen LogP contribution in [-0.4, -0.2) is 40.8 Å². The van der Waals surface area contributed by atoms with Gasteiger partial charge in [-0.05, 0) is 74.1 Å². The molecule has 146 valence electrons. The van der Waals surface area contributed by atoms with Crippen LogP contribution in [0.4, 0.5) is 4.79 Å². The molecule has 1 saturated heterocycles. The van der Waals surface area contributed by atoms with Crippen molar-refractivity contribution in [3.8, 4) is 0 Å². The molecule has 27 heavy (non-hydrogen) atoms. The number of carbonyl (C=O) groups is 2. The van der Waals surface area contributed by atoms with Crippen LogP contribution in [0, 0.1) is 11.8 Å². The highest BCUT2D eigenvalue weighted by atomic mass is 79.9. The first-order valence-electron chi connectivity index (χ1n) is 9.00. The summed E-state index contributed by atoms with van der Waals surface area (Å²) in [4.78, 5) is 25.9. The first-order chi connectivity index (χ1) is 12.6. The molecule has 1 N–H and O–H groups in total. The van der Waals surface area contributed by atoms with E-state index in [1.54, 1.807) is 16.2 Å². The molecule has 7 heteroatoms. The maximum atomic E-state index is 12.3. The summed E-state index contributed by atoms with van der Waals surface area (Å²) in [7, 11) is 0. The van der Waals surface area contributed by atoms with Crippen LogP contribution in [0.2, 0.25) is 0 Å². The number of carboxylic acid groups (broad SMARTS) is 1. The summed E-state index contributed by atoms with van der Waals surface area (Å²) >= 11 is 5.12. The van der Waals surface area contributed by atoms with Crippen molar-refractivity contribution < 1.29 is 19.4 Å². The Morgan fingerprint density at radius 3 is 2.81 bits per heavy atom. The highest BCUT2D eigenvalue weighted by Gasteiger charge is 2.37. The van der Waals surface area contributed by atoms with Gasteiger partial charge in [0.1, 0.15) is 5.60 Å². The molecule has 1 aromatic heterocycles. The van der Waals surface area contributed by atoms with Gasteiger partial charge in [-0.15, -0.1) is 11.3 Å². The standard InChI is InChI=1S/C20H24BrNO4S/c1-20(2,3)26-19(25)22-7-6-12(10-22)16(18(23)24)8-13-11-27-17-5-4-14(21)9-15(13)17/h4-5,9,11-12,16H,6-8,10H2,1-3H3,(H,23,24)/t12-,16-/m0/s1. The van der Waals surface area contributed by atoms with E-state index in [4.69, 9.17) is 4.74 Å². The zero-order valence-electron chi connectivity index (χ0n) is 15.7. The molecule has 0 unspecified atom stereocenters. The van der Waals surface area contributed by atoms with Crippen molar-refractivity contribution in [1.82, 2.24) is 4.90 Å². The number of ether oxygens (including phenoxy) is 1. The number of carboxylic acids is 1. The summed E-state index contributed by atoms with van der Waals surface area (Å²) in [6.45, 7) is 6.46. The van der Waals surface area contributed by atoms with Crippen molar-refractivity contribution in [3.63, 3.8) is 0 Å². The van der Waals surface area contributed by atoms with Gasteiger partial charge in [-0.2, -0.15) is 0 Å². The summed E-state index contributed by atoms with van der Waals surface area (Å²) in [5.74, 6) is -1.40. The normalized spacial score (nSPS) is 18.7. The maximum Gasteiger partial charge on any atom is 0.410 e. The lowest BCUT2D eigenvalue weighted by Crippen LogP contribution is -2.36. The number of rotatable bonds is 4. The van der Waals surface area contributed by atoms with Gasteiger partial charge in [0.2, 0.25) is 0 Å². The summed E-state index contributed by atoms with van der Waals surface area (Å²) in [6.07, 6.45) is 0.791. The predicted molar refractivity (Wildman–Crippen MR) is 110 cm³/mol. The van der Waals surface area contributed by atoms with Crippen LogP contribution in [0.5, 0.6) is 0 Å². The first kappa shape index (κ1) is 20.1. The molecule has 2 aromatic rings. The quantitative estimate of drug-likeness (QED) is 0.693. The fourth-order valence-electron chi connectivity index (χ4n) is 3.51. The van der Waals surface area contributed by atoms with Crippen LogP contribution in [0.3, 0.4) is 0 Å². The third kappa shape index (κ3) is 4.82. The molecule has 1 aliphatic rings. The van der Waals surface area contributed by atoms with Crippen molar-refractivity contribution in [2.45, 2.75) is 39.2 Å². The van der Waals surface area contributed by atoms with E-state index in [0.717, 1.165) is 20.1 Å². The predicted octanol–water partition coefficient (Wildman–Crippen LogP) is 5.16. The number of benzene rings is 1. The monoisotopic (exact) mass is 453 g/mol. The Bertz CT molecular complexity index is 857. The lowest BCUT2D eigenvalue weighted by Gasteiger charge is -2.25. The molecule has 1 fully saturated rings. The molecule has 1 amide bonds. The summed E-state index contributed by atoms with van der Waals surface area (Å²) in [5.41, 5.74) is 0.504. The van der Waals surface area contributed by atoms with Gasteiger partial charge in [-0.25, -0.2) is 4.79 Å². The number of hydrogen-bond donors (Lipinski definition) is 1. The van der Waals surface area contributed by atoms with E-state index in [1.807, 2.05) is 44.4 Å². The average molecular weight is 454 g/mol. The van der Waals surface area contributed by atoms with Gasteiger partial charge in [0, 0.05) is 22.3 Å². The molecule has 3 rings (SSSR count). The molecular formula is C20H24BrNO4S. The van der Waals surface area contributed by atoms with E-state index < -0.39 is 17.5 Å². The fraction of sp³-hybridized carbons (Fsp3) is 0.500.